The van der Waals surface area contributed by atoms with Crippen LogP contribution in [0.1, 0.15) is 27.5 Å². The maximum atomic E-state index is 13.3. The van der Waals surface area contributed by atoms with Gasteiger partial charge in [0.05, 0.1) is 7.11 Å². The lowest BCUT2D eigenvalue weighted by Crippen LogP contribution is -2.52. The summed E-state index contributed by atoms with van der Waals surface area (Å²) in [6.45, 7) is 1.24. The number of nitrogens with one attached hydrogen (secondary N) is 1. The van der Waals surface area contributed by atoms with Gasteiger partial charge in [-0.1, -0.05) is 60.7 Å². The lowest BCUT2D eigenvalue weighted by molar-refractivity contribution is -0.128. The molecule has 1 unspecified atom stereocenters. The van der Waals surface area contributed by atoms with Gasteiger partial charge in [0.2, 0.25) is 5.91 Å². The Kier molecular flexibility index (Phi) is 6.17. The summed E-state index contributed by atoms with van der Waals surface area (Å²) >= 11 is 0. The van der Waals surface area contributed by atoms with Gasteiger partial charge in [0, 0.05) is 18.7 Å². The first kappa shape index (κ1) is 20.5. The molecular weight excluding hydrogens is 392 g/mol. The summed E-state index contributed by atoms with van der Waals surface area (Å²) in [6.07, 6.45) is 0. The molecule has 0 radical (unpaired) electrons. The van der Waals surface area contributed by atoms with Crippen LogP contribution in [0.2, 0.25) is 0 Å². The highest BCUT2D eigenvalue weighted by atomic mass is 16.5. The van der Waals surface area contributed by atoms with E-state index < -0.39 is 6.04 Å². The monoisotopic (exact) mass is 416 g/mol. The first-order chi connectivity index (χ1) is 15.2. The Morgan fingerprint density at radius 2 is 1.71 bits per heavy atom. The molecule has 2 amide bonds. The van der Waals surface area contributed by atoms with Crippen molar-refractivity contribution in [1.29, 1.82) is 0 Å². The molecule has 1 fully saturated rings. The summed E-state index contributed by atoms with van der Waals surface area (Å²) in [7, 11) is 1.54. The maximum absolute atomic E-state index is 13.3. The zero-order valence-electron chi connectivity index (χ0n) is 17.3. The van der Waals surface area contributed by atoms with Gasteiger partial charge < -0.3 is 19.7 Å². The normalized spacial score (nSPS) is 15.8. The molecule has 6 heteroatoms. The first-order valence-electron chi connectivity index (χ1n) is 10.2. The number of nitrogens with zero attached hydrogens (tertiary/aromatic N) is 1. The van der Waals surface area contributed by atoms with Gasteiger partial charge in [0.25, 0.3) is 5.91 Å². The number of rotatable bonds is 6. The van der Waals surface area contributed by atoms with Crippen molar-refractivity contribution in [3.8, 4) is 11.5 Å². The fourth-order valence-corrected chi connectivity index (χ4v) is 3.67. The lowest BCUT2D eigenvalue weighted by Gasteiger charge is -2.35. The van der Waals surface area contributed by atoms with Crippen LogP contribution in [0.3, 0.4) is 0 Å². The highest BCUT2D eigenvalue weighted by molar-refractivity contribution is 5.99. The summed E-state index contributed by atoms with van der Waals surface area (Å²) in [6, 6.07) is 23.6. The van der Waals surface area contributed by atoms with Crippen molar-refractivity contribution in [2.45, 2.75) is 12.6 Å². The summed E-state index contributed by atoms with van der Waals surface area (Å²) in [4.78, 5) is 27.5. The third-order valence-electron chi connectivity index (χ3n) is 5.24. The Bertz CT molecular complexity index is 1050. The van der Waals surface area contributed by atoms with Crippen molar-refractivity contribution in [1.82, 2.24) is 10.2 Å². The van der Waals surface area contributed by atoms with Gasteiger partial charge in [-0.2, -0.15) is 0 Å². The molecule has 0 saturated carbocycles. The number of piperazine rings is 1. The molecule has 1 heterocycles. The van der Waals surface area contributed by atoms with Crippen molar-refractivity contribution in [3.05, 3.63) is 95.6 Å². The zero-order chi connectivity index (χ0) is 21.6. The van der Waals surface area contributed by atoms with E-state index in [1.54, 1.807) is 30.2 Å². The summed E-state index contributed by atoms with van der Waals surface area (Å²) in [5.74, 6) is 0.621. The number of amides is 2. The van der Waals surface area contributed by atoms with E-state index in [9.17, 15) is 9.59 Å². The van der Waals surface area contributed by atoms with E-state index in [0.717, 1.165) is 11.1 Å². The van der Waals surface area contributed by atoms with Crippen molar-refractivity contribution < 1.29 is 19.1 Å². The van der Waals surface area contributed by atoms with Crippen LogP contribution in [0.5, 0.6) is 11.5 Å². The third kappa shape index (κ3) is 4.53. The molecule has 158 valence electrons. The van der Waals surface area contributed by atoms with Crippen molar-refractivity contribution in [3.63, 3.8) is 0 Å². The van der Waals surface area contributed by atoms with E-state index in [-0.39, 0.29) is 11.8 Å². The Morgan fingerprint density at radius 3 is 2.42 bits per heavy atom. The standard InChI is InChI=1S/C25H24N2O4/c1-30-22-16-20(12-13-21(22)31-17-18-8-4-2-5-9-18)25(29)27-15-14-26-24(28)23(27)19-10-6-3-7-11-19/h2-13,16,23H,14-15,17H2,1H3,(H,26,28). The number of hydrogen-bond acceptors (Lipinski definition) is 4. The van der Waals surface area contributed by atoms with Crippen molar-refractivity contribution in [2.24, 2.45) is 0 Å². The van der Waals surface area contributed by atoms with Crippen LogP contribution in [-0.2, 0) is 11.4 Å². The zero-order valence-corrected chi connectivity index (χ0v) is 17.3. The largest absolute Gasteiger partial charge is 0.493 e. The van der Waals surface area contributed by atoms with Crippen LogP contribution in [0, 0.1) is 0 Å². The topological polar surface area (TPSA) is 67.9 Å². The fourth-order valence-electron chi connectivity index (χ4n) is 3.67. The number of ether oxygens (including phenoxy) is 2. The minimum Gasteiger partial charge on any atom is -0.493 e. The van der Waals surface area contributed by atoms with E-state index in [1.165, 1.54) is 0 Å². The second-order valence-corrected chi connectivity index (χ2v) is 7.24. The van der Waals surface area contributed by atoms with Gasteiger partial charge in [-0.05, 0) is 29.3 Å². The highest BCUT2D eigenvalue weighted by Gasteiger charge is 2.34. The maximum Gasteiger partial charge on any atom is 0.255 e. The van der Waals surface area contributed by atoms with Gasteiger partial charge in [-0.3, -0.25) is 9.59 Å². The molecule has 1 aliphatic heterocycles. The number of methoxy groups -OCH3 is 1. The molecule has 0 spiro atoms. The van der Waals surface area contributed by atoms with E-state index in [1.807, 2.05) is 60.7 Å². The minimum absolute atomic E-state index is 0.180. The average molecular weight is 416 g/mol. The number of carbonyl (C=O) groups excluding carboxylic acids is 2. The minimum atomic E-state index is -0.664. The van der Waals surface area contributed by atoms with Crippen LogP contribution >= 0.6 is 0 Å². The molecule has 1 atom stereocenters. The molecule has 3 aromatic carbocycles. The van der Waals surface area contributed by atoms with E-state index >= 15 is 0 Å². The van der Waals surface area contributed by atoms with Crippen LogP contribution in [0.25, 0.3) is 0 Å². The fraction of sp³-hybridized carbons (Fsp3) is 0.200. The van der Waals surface area contributed by atoms with Crippen molar-refractivity contribution in [2.75, 3.05) is 20.2 Å². The second kappa shape index (κ2) is 9.34. The number of carbonyl (C=O) groups is 2. The Balaban J connectivity index is 1.56. The third-order valence-corrected chi connectivity index (χ3v) is 5.24. The van der Waals surface area contributed by atoms with Gasteiger partial charge >= 0.3 is 0 Å². The molecule has 0 bridgehead atoms. The van der Waals surface area contributed by atoms with E-state index in [4.69, 9.17) is 9.47 Å². The van der Waals surface area contributed by atoms with Gasteiger partial charge in [-0.25, -0.2) is 0 Å². The summed E-state index contributed by atoms with van der Waals surface area (Å²) in [5.41, 5.74) is 2.26. The van der Waals surface area contributed by atoms with Crippen molar-refractivity contribution >= 4 is 11.8 Å². The van der Waals surface area contributed by atoms with Crippen LogP contribution < -0.4 is 14.8 Å². The Morgan fingerprint density at radius 1 is 1.00 bits per heavy atom. The van der Waals surface area contributed by atoms with Gasteiger partial charge in [0.15, 0.2) is 11.5 Å². The molecule has 1 saturated heterocycles. The second-order valence-electron chi connectivity index (χ2n) is 7.24. The highest BCUT2D eigenvalue weighted by Crippen LogP contribution is 2.31. The molecule has 4 rings (SSSR count). The van der Waals surface area contributed by atoms with Crippen LogP contribution in [0.15, 0.2) is 78.9 Å². The molecule has 6 nitrogen and oxygen atoms in total. The number of benzene rings is 3. The van der Waals surface area contributed by atoms with Crippen LogP contribution in [0.4, 0.5) is 0 Å². The Hall–Kier alpha value is -3.80. The molecular formula is C25H24N2O4. The molecule has 31 heavy (non-hydrogen) atoms. The quantitative estimate of drug-likeness (QED) is 0.667. The predicted molar refractivity (Wildman–Crippen MR) is 117 cm³/mol. The predicted octanol–water partition coefficient (Wildman–Crippen LogP) is 3.59. The molecule has 0 aliphatic carbocycles. The van der Waals surface area contributed by atoms with E-state index in [0.29, 0.717) is 36.8 Å². The van der Waals surface area contributed by atoms with Gasteiger partial charge in [0.1, 0.15) is 12.6 Å². The number of hydrogen-bond donors (Lipinski definition) is 1. The van der Waals surface area contributed by atoms with Gasteiger partial charge in [-0.15, -0.1) is 0 Å². The lowest BCUT2D eigenvalue weighted by atomic mass is 10.0. The molecule has 3 aromatic rings. The summed E-state index contributed by atoms with van der Waals surface area (Å²) in [5, 5.41) is 2.85. The Labute approximate surface area is 181 Å². The molecule has 0 aromatic heterocycles. The SMILES string of the molecule is COc1cc(C(=O)N2CCNC(=O)C2c2ccccc2)ccc1OCc1ccccc1. The molecule has 1 aliphatic rings. The first-order valence-corrected chi connectivity index (χ1v) is 10.2. The van der Waals surface area contributed by atoms with Crippen LogP contribution in [-0.4, -0.2) is 36.9 Å². The average Bonchev–Trinajstić information content (AvgIpc) is 2.83. The molecule has 1 N–H and O–H groups in total. The smallest absolute Gasteiger partial charge is 0.255 e. The summed E-state index contributed by atoms with van der Waals surface area (Å²) < 4.78 is 11.4. The van der Waals surface area contributed by atoms with E-state index in [2.05, 4.69) is 5.32 Å².